The minimum Gasteiger partial charge on any atom is -0.352 e. The van der Waals surface area contributed by atoms with Gasteiger partial charge in [-0.25, -0.2) is 0 Å². The van der Waals surface area contributed by atoms with Crippen LogP contribution in [0.4, 0.5) is 5.69 Å². The Morgan fingerprint density at radius 1 is 1.29 bits per heavy atom. The number of nitrogens with zero attached hydrogens (tertiary/aromatic N) is 2. The maximum atomic E-state index is 12.7. The van der Waals surface area contributed by atoms with Crippen LogP contribution >= 0.6 is 39.5 Å². The highest BCUT2D eigenvalue weighted by molar-refractivity contribution is 9.10. The number of thiophene rings is 1. The van der Waals surface area contributed by atoms with Gasteiger partial charge < -0.3 is 15.5 Å². The lowest BCUT2D eigenvalue weighted by atomic mass is 10.0. The molecule has 160 valence electrons. The highest BCUT2D eigenvalue weighted by Gasteiger charge is 2.40. The molecule has 1 amide bonds. The number of aryl methyl sites for hydroxylation is 2. The van der Waals surface area contributed by atoms with Gasteiger partial charge in [0.15, 0.2) is 5.11 Å². The van der Waals surface area contributed by atoms with Crippen molar-refractivity contribution in [3.8, 4) is 0 Å². The van der Waals surface area contributed by atoms with Crippen LogP contribution in [0.5, 0.6) is 0 Å². The molecule has 1 aromatic carbocycles. The molecule has 1 aliphatic heterocycles. The number of benzene rings is 1. The monoisotopic (exact) mass is 514 g/mol. The maximum absolute atomic E-state index is 12.7. The minimum atomic E-state index is -0.0682. The lowest BCUT2D eigenvalue weighted by Crippen LogP contribution is -2.32. The van der Waals surface area contributed by atoms with Gasteiger partial charge in [0.2, 0.25) is 5.91 Å². The van der Waals surface area contributed by atoms with Crippen molar-refractivity contribution in [2.24, 2.45) is 0 Å². The molecule has 0 radical (unpaired) electrons. The topological polar surface area (TPSA) is 57.3 Å². The molecule has 0 saturated carbocycles. The number of carbonyl (C=O) groups is 1. The molecule has 0 spiro atoms. The summed E-state index contributed by atoms with van der Waals surface area (Å²) in [7, 11) is 0. The lowest BCUT2D eigenvalue weighted by Gasteiger charge is -2.26. The highest BCUT2D eigenvalue weighted by atomic mass is 79.9. The Balaban J connectivity index is 1.52. The molecule has 2 N–H and O–H groups in total. The van der Waals surface area contributed by atoms with Crippen molar-refractivity contribution < 1.29 is 4.79 Å². The van der Waals surface area contributed by atoms with E-state index in [4.69, 9.17) is 12.2 Å². The molecule has 0 aliphatic carbocycles. The van der Waals surface area contributed by atoms with Crippen LogP contribution in [0.1, 0.15) is 40.2 Å². The van der Waals surface area contributed by atoms with Gasteiger partial charge in [0.1, 0.15) is 0 Å². The summed E-state index contributed by atoms with van der Waals surface area (Å²) in [5, 5.41) is 9.18. The summed E-state index contributed by atoms with van der Waals surface area (Å²) >= 11 is 10.9. The molecule has 4 rings (SSSR count). The zero-order valence-corrected chi connectivity index (χ0v) is 20.5. The van der Waals surface area contributed by atoms with E-state index in [1.165, 1.54) is 4.88 Å². The SMILES string of the molecule is Cc1ccc(C)c(NC(=O)CCN2C(=S)N[C@@H](c3ccccn3)[C@@H]2c2cc(Br)cs2)c1. The number of nitrogens with one attached hydrogen (secondary N) is 2. The van der Waals surface area contributed by atoms with Gasteiger partial charge in [0, 0.05) is 39.6 Å². The van der Waals surface area contributed by atoms with E-state index >= 15 is 0 Å². The maximum Gasteiger partial charge on any atom is 0.226 e. The molecule has 0 unspecified atom stereocenters. The number of carbonyl (C=O) groups excluding carboxylic acids is 1. The van der Waals surface area contributed by atoms with Crippen molar-refractivity contribution >= 4 is 56.2 Å². The minimum absolute atomic E-state index is 0.0211. The first kappa shape index (κ1) is 21.9. The number of pyridine rings is 1. The number of amides is 1. The first-order valence-electron chi connectivity index (χ1n) is 10.0. The van der Waals surface area contributed by atoms with Crippen LogP contribution in [0.25, 0.3) is 0 Å². The van der Waals surface area contributed by atoms with Crippen LogP contribution in [-0.2, 0) is 4.79 Å². The largest absolute Gasteiger partial charge is 0.352 e. The fraction of sp³-hybridized carbons (Fsp3) is 0.261. The zero-order valence-electron chi connectivity index (χ0n) is 17.3. The molecule has 1 fully saturated rings. The Hall–Kier alpha value is -2.29. The fourth-order valence-corrected chi connectivity index (χ4v) is 5.67. The van der Waals surface area contributed by atoms with Crippen molar-refractivity contribution in [1.29, 1.82) is 0 Å². The van der Waals surface area contributed by atoms with E-state index in [1.54, 1.807) is 17.5 Å². The van der Waals surface area contributed by atoms with Crippen LogP contribution in [0.15, 0.2) is 58.5 Å². The molecule has 5 nitrogen and oxygen atoms in total. The second-order valence-corrected chi connectivity index (χ2v) is 9.85. The van der Waals surface area contributed by atoms with Gasteiger partial charge in [0.25, 0.3) is 0 Å². The Kier molecular flexibility index (Phi) is 6.69. The van der Waals surface area contributed by atoms with Crippen molar-refractivity contribution in [1.82, 2.24) is 15.2 Å². The smallest absolute Gasteiger partial charge is 0.226 e. The van der Waals surface area contributed by atoms with Crippen molar-refractivity contribution in [3.63, 3.8) is 0 Å². The summed E-state index contributed by atoms with van der Waals surface area (Å²) in [6.07, 6.45) is 2.13. The Morgan fingerprint density at radius 2 is 2.13 bits per heavy atom. The lowest BCUT2D eigenvalue weighted by molar-refractivity contribution is -0.116. The summed E-state index contributed by atoms with van der Waals surface area (Å²) in [6, 6.07) is 14.0. The highest BCUT2D eigenvalue weighted by Crippen LogP contribution is 2.41. The van der Waals surface area contributed by atoms with E-state index in [-0.39, 0.29) is 18.0 Å². The molecule has 2 aromatic heterocycles. The van der Waals surface area contributed by atoms with Gasteiger partial charge in [0.05, 0.1) is 17.8 Å². The average molecular weight is 516 g/mol. The van der Waals surface area contributed by atoms with Crippen molar-refractivity contribution in [2.45, 2.75) is 32.4 Å². The van der Waals surface area contributed by atoms with Crippen LogP contribution in [-0.4, -0.2) is 27.4 Å². The molecule has 3 heterocycles. The molecule has 2 atom stereocenters. The first-order chi connectivity index (χ1) is 14.9. The van der Waals surface area contributed by atoms with Crippen LogP contribution in [0.3, 0.4) is 0 Å². The van der Waals surface area contributed by atoms with Gasteiger partial charge in [-0.2, -0.15) is 0 Å². The molecule has 1 saturated heterocycles. The summed E-state index contributed by atoms with van der Waals surface area (Å²) < 4.78 is 1.04. The third-order valence-corrected chi connectivity index (χ3v) is 7.44. The molecular formula is C23H23BrN4OS2. The third-order valence-electron chi connectivity index (χ3n) is 5.32. The van der Waals surface area contributed by atoms with Gasteiger partial charge in [-0.05, 0) is 77.4 Å². The molecule has 8 heteroatoms. The average Bonchev–Trinajstić information content (AvgIpc) is 3.32. The van der Waals surface area contributed by atoms with Crippen LogP contribution in [0, 0.1) is 13.8 Å². The van der Waals surface area contributed by atoms with Crippen molar-refractivity contribution in [2.75, 3.05) is 11.9 Å². The predicted molar refractivity (Wildman–Crippen MR) is 133 cm³/mol. The van der Waals surface area contributed by atoms with E-state index in [0.29, 0.717) is 18.1 Å². The Bertz CT molecular complexity index is 1100. The number of anilines is 1. The van der Waals surface area contributed by atoms with Gasteiger partial charge in [-0.15, -0.1) is 11.3 Å². The summed E-state index contributed by atoms with van der Waals surface area (Å²) in [5.74, 6) is -0.0242. The van der Waals surface area contributed by atoms with Crippen molar-refractivity contribution in [3.05, 3.63) is 80.2 Å². The van der Waals surface area contributed by atoms with E-state index in [0.717, 1.165) is 27.0 Å². The van der Waals surface area contributed by atoms with E-state index < -0.39 is 0 Å². The van der Waals surface area contributed by atoms with E-state index in [9.17, 15) is 4.79 Å². The molecule has 1 aliphatic rings. The standard InChI is InChI=1S/C23H23BrN4OS2/c1-14-6-7-15(2)18(11-14)26-20(29)8-10-28-22(19-12-16(24)13-31-19)21(27-23(28)30)17-5-3-4-9-25-17/h3-7,9,11-13,21-22H,8,10H2,1-2H3,(H,26,29)(H,27,30)/t21-,22-/m0/s1. The Morgan fingerprint density at radius 3 is 2.84 bits per heavy atom. The number of hydrogen-bond donors (Lipinski definition) is 2. The second kappa shape index (κ2) is 9.46. The number of rotatable bonds is 6. The quantitative estimate of drug-likeness (QED) is 0.424. The Labute approximate surface area is 200 Å². The second-order valence-electron chi connectivity index (χ2n) is 7.60. The summed E-state index contributed by atoms with van der Waals surface area (Å²) in [6.45, 7) is 4.54. The van der Waals surface area contributed by atoms with Crippen LogP contribution in [0.2, 0.25) is 0 Å². The van der Waals surface area contributed by atoms with Crippen LogP contribution < -0.4 is 10.6 Å². The first-order valence-corrected chi connectivity index (χ1v) is 12.1. The fourth-order valence-electron chi connectivity index (χ4n) is 3.74. The molecule has 31 heavy (non-hydrogen) atoms. The normalized spacial score (nSPS) is 18.2. The third kappa shape index (κ3) is 4.97. The summed E-state index contributed by atoms with van der Waals surface area (Å²) in [5.41, 5.74) is 3.96. The van der Waals surface area contributed by atoms with Gasteiger partial charge in [-0.3, -0.25) is 9.78 Å². The number of thiocarbonyl (C=S) groups is 1. The molecular weight excluding hydrogens is 492 g/mol. The van der Waals surface area contributed by atoms with Gasteiger partial charge >= 0.3 is 0 Å². The summed E-state index contributed by atoms with van der Waals surface area (Å²) in [4.78, 5) is 20.5. The number of aromatic nitrogens is 1. The van der Waals surface area contributed by atoms with E-state index in [2.05, 4.69) is 47.9 Å². The molecule has 0 bridgehead atoms. The number of hydrogen-bond acceptors (Lipinski definition) is 4. The van der Waals surface area contributed by atoms with Gasteiger partial charge in [-0.1, -0.05) is 18.2 Å². The number of halogens is 1. The molecule has 3 aromatic rings. The van der Waals surface area contributed by atoms with E-state index in [1.807, 2.05) is 50.2 Å². The predicted octanol–water partition coefficient (Wildman–Crippen LogP) is 5.52. The zero-order chi connectivity index (χ0) is 22.0.